The van der Waals surface area contributed by atoms with Gasteiger partial charge in [-0.3, -0.25) is 9.59 Å². The molecule has 4 nitrogen and oxygen atoms in total. The minimum Gasteiger partial charge on any atom is -0.343 e. The molecular weight excluding hydrogens is 272 g/mol. The monoisotopic (exact) mass is 294 g/mol. The summed E-state index contributed by atoms with van der Waals surface area (Å²) in [5.74, 6) is 0.0934. The maximum atomic E-state index is 12.7. The van der Waals surface area contributed by atoms with Gasteiger partial charge < -0.3 is 10.2 Å². The van der Waals surface area contributed by atoms with E-state index in [1.165, 1.54) is 0 Å². The smallest absolute Gasteiger partial charge is 0.246 e. The number of thiophene rings is 1. The molecule has 2 rings (SSSR count). The second-order valence-electron chi connectivity index (χ2n) is 5.64. The molecule has 1 aromatic rings. The zero-order valence-electron chi connectivity index (χ0n) is 12.4. The van der Waals surface area contributed by atoms with E-state index >= 15 is 0 Å². The third kappa shape index (κ3) is 2.59. The molecular formula is C15H22N2O2S. The van der Waals surface area contributed by atoms with E-state index in [2.05, 4.69) is 5.32 Å². The lowest BCUT2D eigenvalue weighted by Gasteiger charge is -2.43. The van der Waals surface area contributed by atoms with Gasteiger partial charge in [0.1, 0.15) is 12.1 Å². The lowest BCUT2D eigenvalue weighted by atomic mass is 9.93. The summed E-state index contributed by atoms with van der Waals surface area (Å²) in [7, 11) is 0. The molecule has 1 aliphatic rings. The number of carbonyl (C=O) groups excluding carboxylic acids is 2. The first-order valence-corrected chi connectivity index (χ1v) is 8.06. The Kier molecular flexibility index (Phi) is 4.48. The SMILES string of the molecule is CCC1NC(=O)C(C(C)C)N(C(C)c2ccsc2)C1=O. The van der Waals surface area contributed by atoms with Gasteiger partial charge >= 0.3 is 0 Å². The van der Waals surface area contributed by atoms with Gasteiger partial charge in [0.05, 0.1) is 6.04 Å². The number of nitrogens with one attached hydrogen (secondary N) is 1. The van der Waals surface area contributed by atoms with Gasteiger partial charge in [-0.15, -0.1) is 0 Å². The molecule has 1 fully saturated rings. The molecule has 1 aliphatic heterocycles. The van der Waals surface area contributed by atoms with Crippen LogP contribution in [-0.2, 0) is 9.59 Å². The van der Waals surface area contributed by atoms with Gasteiger partial charge in [-0.1, -0.05) is 20.8 Å². The summed E-state index contributed by atoms with van der Waals surface area (Å²) >= 11 is 1.61. The van der Waals surface area contributed by atoms with Crippen molar-refractivity contribution >= 4 is 23.2 Å². The second-order valence-corrected chi connectivity index (χ2v) is 6.42. The van der Waals surface area contributed by atoms with Gasteiger partial charge in [0.15, 0.2) is 0 Å². The molecule has 2 amide bonds. The fourth-order valence-electron chi connectivity index (χ4n) is 2.77. The lowest BCUT2D eigenvalue weighted by Crippen LogP contribution is -2.64. The maximum Gasteiger partial charge on any atom is 0.246 e. The molecule has 1 saturated heterocycles. The van der Waals surface area contributed by atoms with E-state index in [0.29, 0.717) is 6.42 Å². The van der Waals surface area contributed by atoms with Crippen LogP contribution in [0.5, 0.6) is 0 Å². The topological polar surface area (TPSA) is 49.4 Å². The Hall–Kier alpha value is -1.36. The van der Waals surface area contributed by atoms with Gasteiger partial charge in [-0.2, -0.15) is 11.3 Å². The van der Waals surface area contributed by atoms with Crippen LogP contribution >= 0.6 is 11.3 Å². The maximum absolute atomic E-state index is 12.7. The van der Waals surface area contributed by atoms with Crippen LogP contribution in [0.3, 0.4) is 0 Å². The van der Waals surface area contributed by atoms with Crippen molar-refractivity contribution in [2.75, 3.05) is 0 Å². The predicted octanol–water partition coefficient (Wildman–Crippen LogP) is 2.57. The summed E-state index contributed by atoms with van der Waals surface area (Å²) in [5, 5.41) is 6.90. The summed E-state index contributed by atoms with van der Waals surface area (Å²) in [4.78, 5) is 26.8. The molecule has 0 bridgehead atoms. The van der Waals surface area contributed by atoms with Gasteiger partial charge in [0.2, 0.25) is 11.8 Å². The fraction of sp³-hybridized carbons (Fsp3) is 0.600. The second kappa shape index (κ2) is 5.95. The number of hydrogen-bond donors (Lipinski definition) is 1. The number of rotatable bonds is 4. The Balaban J connectivity index is 2.36. The molecule has 0 radical (unpaired) electrons. The molecule has 5 heteroatoms. The first-order chi connectivity index (χ1) is 9.47. The first kappa shape index (κ1) is 15.0. The molecule has 1 N–H and O–H groups in total. The summed E-state index contributed by atoms with van der Waals surface area (Å²) in [6.07, 6.45) is 0.627. The number of amides is 2. The third-order valence-electron chi connectivity index (χ3n) is 3.92. The fourth-order valence-corrected chi connectivity index (χ4v) is 3.51. The van der Waals surface area contributed by atoms with Crippen molar-refractivity contribution in [3.05, 3.63) is 22.4 Å². The van der Waals surface area contributed by atoms with Gasteiger partial charge in [0.25, 0.3) is 0 Å². The van der Waals surface area contributed by atoms with Gasteiger partial charge in [0, 0.05) is 0 Å². The Bertz CT molecular complexity index is 484. The Morgan fingerprint density at radius 2 is 2.05 bits per heavy atom. The molecule has 0 spiro atoms. The highest BCUT2D eigenvalue weighted by Gasteiger charge is 2.43. The quantitative estimate of drug-likeness (QED) is 0.928. The van der Waals surface area contributed by atoms with Crippen LogP contribution in [0.15, 0.2) is 16.8 Å². The molecule has 20 heavy (non-hydrogen) atoms. The lowest BCUT2D eigenvalue weighted by molar-refractivity contribution is -0.154. The molecule has 3 atom stereocenters. The Labute approximate surface area is 124 Å². The van der Waals surface area contributed by atoms with E-state index in [0.717, 1.165) is 5.56 Å². The molecule has 3 unspecified atom stereocenters. The zero-order chi connectivity index (χ0) is 14.9. The first-order valence-electron chi connectivity index (χ1n) is 7.12. The van der Waals surface area contributed by atoms with Crippen LogP contribution in [0.2, 0.25) is 0 Å². The van der Waals surface area contributed by atoms with E-state index < -0.39 is 6.04 Å². The molecule has 2 heterocycles. The molecule has 0 aliphatic carbocycles. The number of carbonyl (C=O) groups is 2. The molecule has 1 aromatic heterocycles. The van der Waals surface area contributed by atoms with Gasteiger partial charge in [-0.25, -0.2) is 0 Å². The van der Waals surface area contributed by atoms with Crippen molar-refractivity contribution in [3.8, 4) is 0 Å². The summed E-state index contributed by atoms with van der Waals surface area (Å²) in [5.41, 5.74) is 1.10. The minimum atomic E-state index is -0.390. The van der Waals surface area contributed by atoms with Crippen LogP contribution < -0.4 is 5.32 Å². The van der Waals surface area contributed by atoms with Crippen molar-refractivity contribution in [2.24, 2.45) is 5.92 Å². The summed E-state index contributed by atoms with van der Waals surface area (Å²) in [6, 6.07) is 1.17. The Morgan fingerprint density at radius 1 is 1.35 bits per heavy atom. The van der Waals surface area contributed by atoms with Crippen molar-refractivity contribution in [3.63, 3.8) is 0 Å². The third-order valence-corrected chi connectivity index (χ3v) is 4.62. The van der Waals surface area contributed by atoms with Crippen LogP contribution in [0.25, 0.3) is 0 Å². The largest absolute Gasteiger partial charge is 0.343 e. The van der Waals surface area contributed by atoms with E-state index in [9.17, 15) is 9.59 Å². The summed E-state index contributed by atoms with van der Waals surface area (Å²) < 4.78 is 0. The average molecular weight is 294 g/mol. The van der Waals surface area contributed by atoms with E-state index in [1.807, 2.05) is 44.5 Å². The standard InChI is InChI=1S/C15H22N2O2S/c1-5-12-15(19)17(10(4)11-6-7-20-8-11)13(9(2)3)14(18)16-12/h6-10,12-13H,5H2,1-4H3,(H,16,18). The van der Waals surface area contributed by atoms with E-state index in [4.69, 9.17) is 0 Å². The van der Waals surface area contributed by atoms with Crippen LogP contribution in [0.4, 0.5) is 0 Å². The highest BCUT2D eigenvalue weighted by Crippen LogP contribution is 2.30. The number of hydrogen-bond acceptors (Lipinski definition) is 3. The van der Waals surface area contributed by atoms with E-state index in [-0.39, 0.29) is 29.8 Å². The van der Waals surface area contributed by atoms with Gasteiger partial charge in [-0.05, 0) is 41.7 Å². The summed E-state index contributed by atoms with van der Waals surface area (Å²) in [6.45, 7) is 7.89. The number of piperazine rings is 1. The molecule has 0 saturated carbocycles. The highest BCUT2D eigenvalue weighted by molar-refractivity contribution is 7.07. The number of nitrogens with zero attached hydrogens (tertiary/aromatic N) is 1. The van der Waals surface area contributed by atoms with Crippen LogP contribution in [0, 0.1) is 5.92 Å². The van der Waals surface area contributed by atoms with E-state index in [1.54, 1.807) is 16.2 Å². The Morgan fingerprint density at radius 3 is 2.55 bits per heavy atom. The van der Waals surface area contributed by atoms with Crippen molar-refractivity contribution in [1.82, 2.24) is 10.2 Å². The molecule has 110 valence electrons. The van der Waals surface area contributed by atoms with Crippen molar-refractivity contribution in [1.29, 1.82) is 0 Å². The average Bonchev–Trinajstić information content (AvgIpc) is 2.93. The van der Waals surface area contributed by atoms with Crippen LogP contribution in [-0.4, -0.2) is 28.8 Å². The molecule has 0 aromatic carbocycles. The highest BCUT2D eigenvalue weighted by atomic mass is 32.1. The van der Waals surface area contributed by atoms with Crippen LogP contribution in [0.1, 0.15) is 45.7 Å². The minimum absolute atomic E-state index is 0.0319. The zero-order valence-corrected chi connectivity index (χ0v) is 13.2. The predicted molar refractivity (Wildman–Crippen MR) is 80.4 cm³/mol. The van der Waals surface area contributed by atoms with Crippen molar-refractivity contribution < 1.29 is 9.59 Å². The normalized spacial score (nSPS) is 24.9. The van der Waals surface area contributed by atoms with Crippen molar-refractivity contribution in [2.45, 2.75) is 52.2 Å².